The number of morpholine rings is 1. The number of hydrogen-bond donors (Lipinski definition) is 2. The normalized spacial score (nSPS) is 16.8. The highest BCUT2D eigenvalue weighted by molar-refractivity contribution is 5.81. The van der Waals surface area contributed by atoms with Gasteiger partial charge in [-0.1, -0.05) is 48.5 Å². The molecule has 0 radical (unpaired) electrons. The molecule has 0 saturated carbocycles. The molecular weight excluding hydrogens is 408 g/mol. The zero-order valence-electron chi connectivity index (χ0n) is 18.2. The van der Waals surface area contributed by atoms with Crippen LogP contribution in [0.15, 0.2) is 48.5 Å². The van der Waals surface area contributed by atoms with Crippen molar-refractivity contribution in [3.63, 3.8) is 0 Å². The predicted molar refractivity (Wildman–Crippen MR) is 121 cm³/mol. The zero-order valence-corrected chi connectivity index (χ0v) is 18.2. The minimum absolute atomic E-state index is 0.0510. The van der Waals surface area contributed by atoms with Gasteiger partial charge in [0.2, 0.25) is 0 Å². The van der Waals surface area contributed by atoms with Crippen LogP contribution >= 0.6 is 0 Å². The molecule has 1 atom stereocenters. The van der Waals surface area contributed by atoms with Crippen LogP contribution in [0.4, 0.5) is 4.79 Å². The predicted octanol–water partition coefficient (Wildman–Crippen LogP) is 3.48. The number of nitrogens with one attached hydrogen (secondary N) is 1. The third kappa shape index (κ3) is 5.29. The lowest BCUT2D eigenvalue weighted by atomic mass is 9.98. The SMILES string of the molecule is O=C(N[C@H](CCCCN1CCOCC1)C(=O)O)OCC1c2ccccc2-c2ccccc21. The molecule has 32 heavy (non-hydrogen) atoms. The molecule has 2 aliphatic rings. The van der Waals surface area contributed by atoms with E-state index in [9.17, 15) is 14.7 Å². The van der Waals surface area contributed by atoms with Crippen LogP contribution in [-0.2, 0) is 14.3 Å². The van der Waals surface area contributed by atoms with Gasteiger partial charge in [0.15, 0.2) is 0 Å². The molecule has 7 heteroatoms. The second-order valence-electron chi connectivity index (χ2n) is 8.31. The van der Waals surface area contributed by atoms with Gasteiger partial charge >= 0.3 is 12.1 Å². The highest BCUT2D eigenvalue weighted by Gasteiger charge is 2.29. The van der Waals surface area contributed by atoms with Crippen molar-refractivity contribution in [2.24, 2.45) is 0 Å². The summed E-state index contributed by atoms with van der Waals surface area (Å²) in [5.74, 6) is -1.09. The summed E-state index contributed by atoms with van der Waals surface area (Å²) >= 11 is 0. The number of amides is 1. The lowest BCUT2D eigenvalue weighted by molar-refractivity contribution is -0.139. The first kappa shape index (κ1) is 22.3. The van der Waals surface area contributed by atoms with Crippen LogP contribution in [0, 0.1) is 0 Å². The smallest absolute Gasteiger partial charge is 0.407 e. The topological polar surface area (TPSA) is 88.1 Å². The summed E-state index contributed by atoms with van der Waals surface area (Å²) < 4.78 is 10.8. The van der Waals surface area contributed by atoms with Gasteiger partial charge in [-0.15, -0.1) is 0 Å². The maximum atomic E-state index is 12.4. The van der Waals surface area contributed by atoms with Crippen molar-refractivity contribution in [1.82, 2.24) is 10.2 Å². The van der Waals surface area contributed by atoms with Crippen LogP contribution in [-0.4, -0.2) is 67.6 Å². The maximum Gasteiger partial charge on any atom is 0.407 e. The number of hydrogen-bond acceptors (Lipinski definition) is 5. The average Bonchev–Trinajstić information content (AvgIpc) is 3.14. The van der Waals surface area contributed by atoms with Crippen molar-refractivity contribution in [3.8, 4) is 11.1 Å². The van der Waals surface area contributed by atoms with Gasteiger partial charge < -0.3 is 19.9 Å². The summed E-state index contributed by atoms with van der Waals surface area (Å²) in [7, 11) is 0. The van der Waals surface area contributed by atoms with E-state index in [1.807, 2.05) is 24.3 Å². The molecule has 1 amide bonds. The molecule has 1 aliphatic carbocycles. The Kier molecular flexibility index (Phi) is 7.39. The third-order valence-corrected chi connectivity index (χ3v) is 6.25. The second kappa shape index (κ2) is 10.6. The molecule has 2 N–H and O–H groups in total. The first-order chi connectivity index (χ1) is 15.6. The van der Waals surface area contributed by atoms with Gasteiger partial charge in [-0.2, -0.15) is 0 Å². The molecular formula is C25H30N2O5. The van der Waals surface area contributed by atoms with Crippen molar-refractivity contribution < 1.29 is 24.2 Å². The molecule has 0 aromatic heterocycles. The number of carbonyl (C=O) groups is 2. The molecule has 2 aromatic carbocycles. The fourth-order valence-electron chi connectivity index (χ4n) is 4.55. The highest BCUT2D eigenvalue weighted by atomic mass is 16.5. The second-order valence-corrected chi connectivity index (χ2v) is 8.31. The van der Waals surface area contributed by atoms with Crippen LogP contribution in [0.25, 0.3) is 11.1 Å². The summed E-state index contributed by atoms with van der Waals surface area (Å²) in [5.41, 5.74) is 4.56. The van der Waals surface area contributed by atoms with Crippen molar-refractivity contribution >= 4 is 12.1 Å². The number of nitrogens with zero attached hydrogens (tertiary/aromatic N) is 1. The number of rotatable bonds is 9. The molecule has 1 aliphatic heterocycles. The quantitative estimate of drug-likeness (QED) is 0.583. The Balaban J connectivity index is 1.27. The molecule has 1 fully saturated rings. The lowest BCUT2D eigenvalue weighted by Crippen LogP contribution is -2.41. The first-order valence-corrected chi connectivity index (χ1v) is 11.3. The zero-order chi connectivity index (χ0) is 22.3. The van der Waals surface area contributed by atoms with Crippen molar-refractivity contribution in [1.29, 1.82) is 0 Å². The monoisotopic (exact) mass is 438 g/mol. The van der Waals surface area contributed by atoms with Gasteiger partial charge in [0.25, 0.3) is 0 Å². The molecule has 4 rings (SSSR count). The number of alkyl carbamates (subject to hydrolysis) is 1. The number of carbonyl (C=O) groups excluding carboxylic acids is 1. The number of fused-ring (bicyclic) bond motifs is 3. The maximum absolute atomic E-state index is 12.4. The third-order valence-electron chi connectivity index (χ3n) is 6.25. The molecule has 1 saturated heterocycles. The van der Waals surface area contributed by atoms with Crippen LogP contribution < -0.4 is 5.32 Å². The van der Waals surface area contributed by atoms with E-state index in [4.69, 9.17) is 9.47 Å². The molecule has 170 valence electrons. The van der Waals surface area contributed by atoms with Crippen LogP contribution in [0.5, 0.6) is 0 Å². The molecule has 0 unspecified atom stereocenters. The van der Waals surface area contributed by atoms with Crippen LogP contribution in [0.1, 0.15) is 36.3 Å². The van der Waals surface area contributed by atoms with Crippen molar-refractivity contribution in [2.45, 2.75) is 31.2 Å². The van der Waals surface area contributed by atoms with Crippen LogP contribution in [0.2, 0.25) is 0 Å². The minimum Gasteiger partial charge on any atom is -0.480 e. The van der Waals surface area contributed by atoms with Crippen molar-refractivity contribution in [2.75, 3.05) is 39.5 Å². The number of carboxylic acid groups (broad SMARTS) is 1. The van der Waals surface area contributed by atoms with E-state index in [1.165, 1.54) is 0 Å². The Bertz CT molecular complexity index is 896. The molecule has 2 aromatic rings. The summed E-state index contributed by atoms with van der Waals surface area (Å²) in [6.45, 7) is 4.42. The van der Waals surface area contributed by atoms with E-state index in [1.54, 1.807) is 0 Å². The highest BCUT2D eigenvalue weighted by Crippen LogP contribution is 2.44. The van der Waals surface area contributed by atoms with Crippen molar-refractivity contribution in [3.05, 3.63) is 59.7 Å². The fraction of sp³-hybridized carbons (Fsp3) is 0.440. The summed E-state index contributed by atoms with van der Waals surface area (Å²) in [5, 5.41) is 12.0. The molecule has 1 heterocycles. The summed E-state index contributed by atoms with van der Waals surface area (Å²) in [4.78, 5) is 26.3. The average molecular weight is 439 g/mol. The van der Waals surface area contributed by atoms with E-state index in [0.29, 0.717) is 6.42 Å². The van der Waals surface area contributed by atoms with Gasteiger partial charge in [0.05, 0.1) is 13.2 Å². The van der Waals surface area contributed by atoms with E-state index in [2.05, 4.69) is 34.5 Å². The fourth-order valence-corrected chi connectivity index (χ4v) is 4.55. The van der Waals surface area contributed by atoms with Gasteiger partial charge in [-0.05, 0) is 48.1 Å². The van der Waals surface area contributed by atoms with E-state index in [0.717, 1.165) is 67.9 Å². The standard InChI is InChI=1S/C25H30N2O5/c28-24(29)23(11-5-6-12-27-13-15-31-16-14-27)26-25(30)32-17-22-20-9-3-1-7-18(20)19-8-2-4-10-21(19)22/h1-4,7-10,22-23H,5-6,11-17H2,(H,26,30)(H,28,29)/t23-/m1/s1. The van der Waals surface area contributed by atoms with Gasteiger partial charge in [0, 0.05) is 19.0 Å². The minimum atomic E-state index is -1.04. The van der Waals surface area contributed by atoms with Gasteiger partial charge in [0.1, 0.15) is 12.6 Å². The Labute approximate surface area is 188 Å². The molecule has 0 bridgehead atoms. The number of ether oxygens (including phenoxy) is 2. The lowest BCUT2D eigenvalue weighted by Gasteiger charge is -2.26. The summed E-state index contributed by atoms with van der Waals surface area (Å²) in [6.07, 6.45) is 1.30. The Morgan fingerprint density at radius 2 is 1.66 bits per heavy atom. The van der Waals surface area contributed by atoms with Crippen LogP contribution in [0.3, 0.4) is 0 Å². The Morgan fingerprint density at radius 1 is 1.03 bits per heavy atom. The number of carboxylic acids is 1. The van der Waals surface area contributed by atoms with Gasteiger partial charge in [-0.25, -0.2) is 9.59 Å². The first-order valence-electron chi connectivity index (χ1n) is 11.3. The van der Waals surface area contributed by atoms with E-state index >= 15 is 0 Å². The summed E-state index contributed by atoms with van der Waals surface area (Å²) in [6, 6.07) is 15.3. The number of unbranched alkanes of at least 4 members (excludes halogenated alkanes) is 1. The Hall–Kier alpha value is -2.90. The largest absolute Gasteiger partial charge is 0.480 e. The number of aliphatic carboxylic acids is 1. The van der Waals surface area contributed by atoms with E-state index < -0.39 is 18.1 Å². The molecule has 7 nitrogen and oxygen atoms in total. The number of benzene rings is 2. The van der Waals surface area contributed by atoms with E-state index in [-0.39, 0.29) is 12.5 Å². The van der Waals surface area contributed by atoms with Gasteiger partial charge in [-0.3, -0.25) is 4.90 Å². The Morgan fingerprint density at radius 3 is 2.28 bits per heavy atom. The molecule has 0 spiro atoms.